The first kappa shape index (κ1) is 12.1. The number of benzene rings is 1. The SMILES string of the molecule is Nc1ccc(Oc2cc(F)c(Cl)cc2Br)nn1. The average molecular weight is 319 g/mol. The van der Waals surface area contributed by atoms with Crippen LogP contribution in [-0.2, 0) is 0 Å². The van der Waals surface area contributed by atoms with E-state index in [1.807, 2.05) is 0 Å². The molecule has 17 heavy (non-hydrogen) atoms. The van der Waals surface area contributed by atoms with Crippen molar-refractivity contribution in [2.45, 2.75) is 0 Å². The van der Waals surface area contributed by atoms with Crippen LogP contribution in [0, 0.1) is 5.82 Å². The Bertz CT molecular complexity index is 550. The van der Waals surface area contributed by atoms with Crippen LogP contribution in [-0.4, -0.2) is 10.2 Å². The second kappa shape index (κ2) is 4.85. The number of halogens is 3. The van der Waals surface area contributed by atoms with E-state index in [1.165, 1.54) is 18.2 Å². The van der Waals surface area contributed by atoms with Crippen molar-refractivity contribution in [1.29, 1.82) is 0 Å². The molecule has 0 saturated carbocycles. The molecule has 0 saturated heterocycles. The fourth-order valence-corrected chi connectivity index (χ4v) is 1.80. The molecule has 0 bridgehead atoms. The highest BCUT2D eigenvalue weighted by Gasteiger charge is 2.09. The van der Waals surface area contributed by atoms with Crippen molar-refractivity contribution < 1.29 is 9.13 Å². The van der Waals surface area contributed by atoms with Gasteiger partial charge in [-0.3, -0.25) is 0 Å². The maximum Gasteiger partial charge on any atom is 0.239 e. The van der Waals surface area contributed by atoms with Crippen molar-refractivity contribution >= 4 is 33.3 Å². The minimum atomic E-state index is -0.576. The highest BCUT2D eigenvalue weighted by Crippen LogP contribution is 2.32. The molecule has 0 unspecified atom stereocenters. The molecule has 0 atom stereocenters. The van der Waals surface area contributed by atoms with Crippen molar-refractivity contribution in [3.8, 4) is 11.6 Å². The second-order valence-electron chi connectivity index (χ2n) is 3.10. The largest absolute Gasteiger partial charge is 0.436 e. The molecule has 0 fully saturated rings. The van der Waals surface area contributed by atoms with Crippen molar-refractivity contribution in [3.63, 3.8) is 0 Å². The normalized spacial score (nSPS) is 10.3. The van der Waals surface area contributed by atoms with Crippen LogP contribution >= 0.6 is 27.5 Å². The minimum absolute atomic E-state index is 0.00705. The number of nitrogens with two attached hydrogens (primary N) is 1. The zero-order valence-corrected chi connectivity index (χ0v) is 10.7. The van der Waals surface area contributed by atoms with Gasteiger partial charge in [-0.25, -0.2) is 4.39 Å². The first-order chi connectivity index (χ1) is 8.06. The molecular weight excluding hydrogens is 312 g/mol. The van der Waals surface area contributed by atoms with Gasteiger partial charge in [-0.2, -0.15) is 0 Å². The number of aromatic nitrogens is 2. The van der Waals surface area contributed by atoms with Gasteiger partial charge < -0.3 is 10.5 Å². The lowest BCUT2D eigenvalue weighted by Gasteiger charge is -2.07. The number of rotatable bonds is 2. The van der Waals surface area contributed by atoms with Crippen LogP contribution in [0.4, 0.5) is 10.2 Å². The highest BCUT2D eigenvalue weighted by atomic mass is 79.9. The maximum atomic E-state index is 13.2. The molecule has 0 radical (unpaired) electrons. The lowest BCUT2D eigenvalue weighted by atomic mass is 10.3. The lowest BCUT2D eigenvalue weighted by molar-refractivity contribution is 0.448. The second-order valence-corrected chi connectivity index (χ2v) is 4.36. The number of hydrogen-bond acceptors (Lipinski definition) is 4. The van der Waals surface area contributed by atoms with E-state index in [0.29, 0.717) is 4.47 Å². The van der Waals surface area contributed by atoms with Crippen LogP contribution in [0.3, 0.4) is 0 Å². The van der Waals surface area contributed by atoms with Crippen LogP contribution in [0.2, 0.25) is 5.02 Å². The molecule has 0 spiro atoms. The van der Waals surface area contributed by atoms with Gasteiger partial charge >= 0.3 is 0 Å². The molecule has 2 rings (SSSR count). The first-order valence-corrected chi connectivity index (χ1v) is 5.65. The molecule has 0 amide bonds. The molecule has 1 aromatic carbocycles. The van der Waals surface area contributed by atoms with Crippen LogP contribution in [0.15, 0.2) is 28.7 Å². The summed E-state index contributed by atoms with van der Waals surface area (Å²) in [5, 5.41) is 7.31. The third-order valence-electron chi connectivity index (χ3n) is 1.85. The van der Waals surface area contributed by atoms with Gasteiger partial charge in [0.1, 0.15) is 17.4 Å². The molecule has 7 heteroatoms. The predicted octanol–water partition coefficient (Wildman–Crippen LogP) is 3.41. The standard InChI is InChI=1S/C10H6BrClFN3O/c11-5-3-6(12)7(13)4-8(5)17-10-2-1-9(14)15-16-10/h1-4H,(H2,14,15). The van der Waals surface area contributed by atoms with Crippen LogP contribution < -0.4 is 10.5 Å². The van der Waals surface area contributed by atoms with E-state index in [4.69, 9.17) is 22.1 Å². The molecule has 1 heterocycles. The Labute approximate surface area is 110 Å². The Balaban J connectivity index is 2.30. The van der Waals surface area contributed by atoms with Crippen molar-refractivity contribution in [2.24, 2.45) is 0 Å². The van der Waals surface area contributed by atoms with Gasteiger partial charge in [0.2, 0.25) is 5.88 Å². The Kier molecular flexibility index (Phi) is 3.44. The Morgan fingerprint density at radius 3 is 2.71 bits per heavy atom. The summed E-state index contributed by atoms with van der Waals surface area (Å²) in [5.41, 5.74) is 5.38. The zero-order chi connectivity index (χ0) is 12.4. The molecule has 88 valence electrons. The Morgan fingerprint density at radius 1 is 1.29 bits per heavy atom. The van der Waals surface area contributed by atoms with E-state index in [9.17, 15) is 4.39 Å². The maximum absolute atomic E-state index is 13.2. The molecule has 1 aromatic heterocycles. The van der Waals surface area contributed by atoms with Gasteiger partial charge in [-0.15, -0.1) is 10.2 Å². The number of anilines is 1. The van der Waals surface area contributed by atoms with E-state index in [-0.39, 0.29) is 22.5 Å². The van der Waals surface area contributed by atoms with E-state index in [0.717, 1.165) is 6.07 Å². The highest BCUT2D eigenvalue weighted by molar-refractivity contribution is 9.10. The molecule has 4 nitrogen and oxygen atoms in total. The fraction of sp³-hybridized carbons (Fsp3) is 0. The number of ether oxygens (including phenoxy) is 1. The zero-order valence-electron chi connectivity index (χ0n) is 8.32. The van der Waals surface area contributed by atoms with Crippen LogP contribution in [0.1, 0.15) is 0 Å². The fourth-order valence-electron chi connectivity index (χ4n) is 1.08. The van der Waals surface area contributed by atoms with E-state index >= 15 is 0 Å². The van der Waals surface area contributed by atoms with Gasteiger partial charge in [0.15, 0.2) is 0 Å². The quantitative estimate of drug-likeness (QED) is 0.862. The third-order valence-corrected chi connectivity index (χ3v) is 2.76. The van der Waals surface area contributed by atoms with Crippen LogP contribution in [0.25, 0.3) is 0 Å². The first-order valence-electron chi connectivity index (χ1n) is 4.48. The minimum Gasteiger partial charge on any atom is -0.436 e. The molecule has 2 aromatic rings. The van der Waals surface area contributed by atoms with Crippen molar-refractivity contribution in [3.05, 3.63) is 39.6 Å². The van der Waals surface area contributed by atoms with Crippen molar-refractivity contribution in [1.82, 2.24) is 10.2 Å². The average Bonchev–Trinajstić information content (AvgIpc) is 2.29. The molecule has 0 aliphatic rings. The molecule has 0 aliphatic heterocycles. The summed E-state index contributed by atoms with van der Waals surface area (Å²) >= 11 is 8.81. The van der Waals surface area contributed by atoms with Gasteiger partial charge in [0.25, 0.3) is 0 Å². The summed E-state index contributed by atoms with van der Waals surface area (Å²) in [5.74, 6) is 0.166. The van der Waals surface area contributed by atoms with Gasteiger partial charge in [0, 0.05) is 12.1 Å². The summed E-state index contributed by atoms with van der Waals surface area (Å²) < 4.78 is 19.1. The van der Waals surface area contributed by atoms with Gasteiger partial charge in [-0.1, -0.05) is 11.6 Å². The summed E-state index contributed by atoms with van der Waals surface area (Å²) in [6.07, 6.45) is 0. The van der Waals surface area contributed by atoms with E-state index < -0.39 is 5.82 Å². The predicted molar refractivity (Wildman–Crippen MR) is 65.6 cm³/mol. The molecular formula is C10H6BrClFN3O. The molecule has 2 N–H and O–H groups in total. The number of hydrogen-bond donors (Lipinski definition) is 1. The number of nitrogens with zero attached hydrogens (tertiary/aromatic N) is 2. The summed E-state index contributed by atoms with van der Waals surface area (Å²) in [6.45, 7) is 0. The molecule has 0 aliphatic carbocycles. The number of nitrogen functional groups attached to an aromatic ring is 1. The van der Waals surface area contributed by atoms with Crippen LogP contribution in [0.5, 0.6) is 11.6 Å². The summed E-state index contributed by atoms with van der Waals surface area (Å²) in [7, 11) is 0. The summed E-state index contributed by atoms with van der Waals surface area (Å²) in [4.78, 5) is 0. The summed E-state index contributed by atoms with van der Waals surface area (Å²) in [6, 6.07) is 5.62. The van der Waals surface area contributed by atoms with Gasteiger partial charge in [-0.05, 0) is 28.1 Å². The smallest absolute Gasteiger partial charge is 0.239 e. The Hall–Kier alpha value is -1.40. The van der Waals surface area contributed by atoms with Crippen molar-refractivity contribution in [2.75, 3.05) is 5.73 Å². The monoisotopic (exact) mass is 317 g/mol. The topological polar surface area (TPSA) is 61.0 Å². The lowest BCUT2D eigenvalue weighted by Crippen LogP contribution is -1.95. The third kappa shape index (κ3) is 2.83. The van der Waals surface area contributed by atoms with E-state index in [1.54, 1.807) is 0 Å². The van der Waals surface area contributed by atoms with E-state index in [2.05, 4.69) is 26.1 Å². The van der Waals surface area contributed by atoms with Gasteiger partial charge in [0.05, 0.1) is 9.50 Å². The Morgan fingerprint density at radius 2 is 2.06 bits per heavy atom.